The van der Waals surface area contributed by atoms with Gasteiger partial charge in [0.25, 0.3) is 0 Å². The molecule has 0 bridgehead atoms. The van der Waals surface area contributed by atoms with Gasteiger partial charge < -0.3 is 4.57 Å². The van der Waals surface area contributed by atoms with E-state index < -0.39 is 0 Å². The lowest BCUT2D eigenvalue weighted by molar-refractivity contribution is 1.17. The quantitative estimate of drug-likeness (QED) is 0.517. The fourth-order valence-electron chi connectivity index (χ4n) is 0.619. The van der Waals surface area contributed by atoms with Crippen LogP contribution in [0.5, 0.6) is 0 Å². The van der Waals surface area contributed by atoms with Crippen LogP contribution in [0.15, 0.2) is 30.6 Å². The fraction of sp³-hybridized carbons (Fsp3) is 0.143. The molecular formula is C7H9N. The van der Waals surface area contributed by atoms with Crippen molar-refractivity contribution in [2.24, 2.45) is 0 Å². The number of aromatic nitrogens is 1. The van der Waals surface area contributed by atoms with Gasteiger partial charge in [-0.3, -0.25) is 0 Å². The van der Waals surface area contributed by atoms with Gasteiger partial charge in [0.05, 0.1) is 0 Å². The maximum atomic E-state index is 2.00. The van der Waals surface area contributed by atoms with Crippen LogP contribution in [0.3, 0.4) is 0 Å². The van der Waals surface area contributed by atoms with Crippen LogP contribution in [0.4, 0.5) is 0 Å². The summed E-state index contributed by atoms with van der Waals surface area (Å²) in [4.78, 5) is 0. The van der Waals surface area contributed by atoms with Gasteiger partial charge in [-0.15, -0.1) is 0 Å². The summed E-state index contributed by atoms with van der Waals surface area (Å²) in [6.45, 7) is 2.00. The van der Waals surface area contributed by atoms with Gasteiger partial charge in [0.2, 0.25) is 0 Å². The standard InChI is InChI=1S/C7H9N/c1-2-5-8-6-3-4-7-8/h2-7H,1H3/b5-2+. The molecule has 0 atom stereocenters. The maximum absolute atomic E-state index is 2.00. The molecule has 0 aliphatic carbocycles. The average Bonchev–Trinajstić information content (AvgIpc) is 2.19. The van der Waals surface area contributed by atoms with Crippen molar-refractivity contribution >= 4 is 6.20 Å². The smallest absolute Gasteiger partial charge is 0.00823 e. The van der Waals surface area contributed by atoms with E-state index in [2.05, 4.69) is 0 Å². The summed E-state index contributed by atoms with van der Waals surface area (Å²) < 4.78 is 2.00. The molecule has 1 nitrogen and oxygen atoms in total. The first kappa shape index (κ1) is 5.16. The zero-order chi connectivity index (χ0) is 5.82. The number of nitrogens with zero attached hydrogens (tertiary/aromatic N) is 1. The number of rotatable bonds is 1. The Morgan fingerprint density at radius 3 is 2.38 bits per heavy atom. The van der Waals surface area contributed by atoms with Crippen LogP contribution in [-0.4, -0.2) is 4.57 Å². The van der Waals surface area contributed by atoms with Gasteiger partial charge >= 0.3 is 0 Å². The van der Waals surface area contributed by atoms with Crippen LogP contribution in [0.2, 0.25) is 0 Å². The monoisotopic (exact) mass is 107 g/mol. The Morgan fingerprint density at radius 2 is 1.88 bits per heavy atom. The molecule has 1 heteroatoms. The molecule has 42 valence electrons. The van der Waals surface area contributed by atoms with Crippen molar-refractivity contribution in [3.8, 4) is 0 Å². The molecule has 8 heavy (non-hydrogen) atoms. The molecule has 0 aromatic carbocycles. The summed E-state index contributed by atoms with van der Waals surface area (Å²) in [5.74, 6) is 0. The van der Waals surface area contributed by atoms with Crippen molar-refractivity contribution in [2.75, 3.05) is 0 Å². The highest BCUT2D eigenvalue weighted by molar-refractivity contribution is 5.21. The second kappa shape index (κ2) is 2.36. The van der Waals surface area contributed by atoms with Crippen molar-refractivity contribution in [1.82, 2.24) is 4.57 Å². The van der Waals surface area contributed by atoms with Crippen molar-refractivity contribution in [1.29, 1.82) is 0 Å². The third-order valence-electron chi connectivity index (χ3n) is 0.949. The molecule has 0 spiro atoms. The largest absolute Gasteiger partial charge is 0.331 e. The third-order valence-corrected chi connectivity index (χ3v) is 0.949. The first-order valence-corrected chi connectivity index (χ1v) is 2.69. The van der Waals surface area contributed by atoms with Gasteiger partial charge in [-0.05, 0) is 19.1 Å². The molecule has 0 saturated carbocycles. The van der Waals surface area contributed by atoms with Crippen molar-refractivity contribution in [3.63, 3.8) is 0 Å². The molecule has 0 aliphatic rings. The highest BCUT2D eigenvalue weighted by Gasteiger charge is 1.73. The Kier molecular flexibility index (Phi) is 1.52. The SMILES string of the molecule is C/C=C/n1cccc1. The molecule has 1 heterocycles. The van der Waals surface area contributed by atoms with Gasteiger partial charge in [0.15, 0.2) is 0 Å². The van der Waals surface area contributed by atoms with Crippen molar-refractivity contribution < 1.29 is 0 Å². The van der Waals surface area contributed by atoms with Crippen LogP contribution in [0, 0.1) is 0 Å². The van der Waals surface area contributed by atoms with Gasteiger partial charge in [-0.25, -0.2) is 0 Å². The van der Waals surface area contributed by atoms with Gasteiger partial charge in [-0.1, -0.05) is 6.08 Å². The molecule has 0 amide bonds. The van der Waals surface area contributed by atoms with Crippen LogP contribution >= 0.6 is 0 Å². The van der Waals surface area contributed by atoms with E-state index in [-0.39, 0.29) is 0 Å². The van der Waals surface area contributed by atoms with Crippen LogP contribution < -0.4 is 0 Å². The lowest BCUT2D eigenvalue weighted by Crippen LogP contribution is -1.74. The summed E-state index contributed by atoms with van der Waals surface area (Å²) in [5, 5.41) is 0. The first-order valence-electron chi connectivity index (χ1n) is 2.69. The van der Waals surface area contributed by atoms with E-state index in [1.807, 2.05) is 48.3 Å². The highest BCUT2D eigenvalue weighted by Crippen LogP contribution is 1.88. The predicted octanol–water partition coefficient (Wildman–Crippen LogP) is 1.98. The molecule has 1 rings (SSSR count). The third kappa shape index (κ3) is 0.997. The normalized spacial score (nSPS) is 10.6. The fourth-order valence-corrected chi connectivity index (χ4v) is 0.619. The average molecular weight is 107 g/mol. The number of allylic oxidation sites excluding steroid dienone is 1. The summed E-state index contributed by atoms with van der Waals surface area (Å²) in [7, 11) is 0. The Labute approximate surface area is 49.3 Å². The van der Waals surface area contributed by atoms with Crippen molar-refractivity contribution in [2.45, 2.75) is 6.92 Å². The zero-order valence-corrected chi connectivity index (χ0v) is 4.91. The molecular weight excluding hydrogens is 98.1 g/mol. The molecule has 0 aliphatic heterocycles. The molecule has 1 aromatic rings. The van der Waals surface area contributed by atoms with E-state index in [4.69, 9.17) is 0 Å². The van der Waals surface area contributed by atoms with E-state index in [1.165, 1.54) is 0 Å². The molecule has 1 aromatic heterocycles. The molecule has 0 radical (unpaired) electrons. The Balaban J connectivity index is 2.77. The minimum Gasteiger partial charge on any atom is -0.331 e. The summed E-state index contributed by atoms with van der Waals surface area (Å²) in [6, 6.07) is 4.00. The Bertz CT molecular complexity index is 161. The van der Waals surface area contributed by atoms with Crippen molar-refractivity contribution in [3.05, 3.63) is 30.6 Å². The second-order valence-corrected chi connectivity index (χ2v) is 1.61. The van der Waals surface area contributed by atoms with Crippen LogP contribution in [0.25, 0.3) is 6.20 Å². The van der Waals surface area contributed by atoms with E-state index >= 15 is 0 Å². The lowest BCUT2D eigenvalue weighted by atomic mass is 10.7. The van der Waals surface area contributed by atoms with Crippen LogP contribution in [-0.2, 0) is 0 Å². The Morgan fingerprint density at radius 1 is 1.25 bits per heavy atom. The summed E-state index contributed by atoms with van der Waals surface area (Å²) >= 11 is 0. The first-order chi connectivity index (χ1) is 3.93. The van der Waals surface area contributed by atoms with Crippen LogP contribution in [0.1, 0.15) is 6.92 Å². The van der Waals surface area contributed by atoms with Gasteiger partial charge in [-0.2, -0.15) is 0 Å². The Hall–Kier alpha value is -0.980. The van der Waals surface area contributed by atoms with E-state index in [1.54, 1.807) is 0 Å². The highest BCUT2D eigenvalue weighted by atomic mass is 14.9. The molecule has 0 N–H and O–H groups in total. The number of hydrogen-bond acceptors (Lipinski definition) is 0. The van der Waals surface area contributed by atoms with Gasteiger partial charge in [0, 0.05) is 18.6 Å². The summed E-state index contributed by atoms with van der Waals surface area (Å²) in [6.07, 6.45) is 8.00. The maximum Gasteiger partial charge on any atom is 0.00823 e. The topological polar surface area (TPSA) is 4.93 Å². The van der Waals surface area contributed by atoms with E-state index in [9.17, 15) is 0 Å². The van der Waals surface area contributed by atoms with E-state index in [0.29, 0.717) is 0 Å². The van der Waals surface area contributed by atoms with Gasteiger partial charge in [0.1, 0.15) is 0 Å². The zero-order valence-electron chi connectivity index (χ0n) is 4.91. The van der Waals surface area contributed by atoms with E-state index in [0.717, 1.165) is 0 Å². The molecule has 0 fully saturated rings. The molecule has 0 saturated heterocycles. The second-order valence-electron chi connectivity index (χ2n) is 1.61. The minimum atomic E-state index is 2.00. The molecule has 0 unspecified atom stereocenters. The summed E-state index contributed by atoms with van der Waals surface area (Å²) in [5.41, 5.74) is 0. The number of hydrogen-bond donors (Lipinski definition) is 0. The minimum absolute atomic E-state index is 2.00. The predicted molar refractivity (Wildman–Crippen MR) is 35.4 cm³/mol. The lowest BCUT2D eigenvalue weighted by Gasteiger charge is -1.85.